The average molecular weight is 453 g/mol. The number of halogens is 1. The number of hydrogen-bond acceptors (Lipinski definition) is 7. The summed E-state index contributed by atoms with van der Waals surface area (Å²) >= 11 is 6.34. The number of likely N-dealkylation sites (tertiary alicyclic amines) is 1. The highest BCUT2D eigenvalue weighted by Gasteiger charge is 2.19. The van der Waals surface area contributed by atoms with E-state index in [4.69, 9.17) is 16.3 Å². The lowest BCUT2D eigenvalue weighted by Gasteiger charge is -2.32. The summed E-state index contributed by atoms with van der Waals surface area (Å²) in [5.41, 5.74) is 2.68. The second-order valence-electron chi connectivity index (χ2n) is 7.90. The summed E-state index contributed by atoms with van der Waals surface area (Å²) < 4.78 is 6.08. The Hall–Kier alpha value is -3.03. The zero-order valence-corrected chi connectivity index (χ0v) is 19.2. The molecule has 0 saturated carbocycles. The Balaban J connectivity index is 1.44. The van der Waals surface area contributed by atoms with Crippen molar-refractivity contribution >= 4 is 40.4 Å². The Labute approximate surface area is 194 Å². The van der Waals surface area contributed by atoms with Crippen LogP contribution in [0.15, 0.2) is 54.7 Å². The quantitative estimate of drug-likeness (QED) is 0.415. The number of ether oxygens (including phenoxy) is 1. The van der Waals surface area contributed by atoms with Crippen LogP contribution in [-0.2, 0) is 0 Å². The highest BCUT2D eigenvalue weighted by Crippen LogP contribution is 2.29. The molecule has 3 aromatic rings. The summed E-state index contributed by atoms with van der Waals surface area (Å²) in [5, 5.41) is 10.1. The third-order valence-electron chi connectivity index (χ3n) is 5.65. The van der Waals surface area contributed by atoms with E-state index in [2.05, 4.69) is 37.9 Å². The Kier molecular flexibility index (Phi) is 7.29. The monoisotopic (exact) mass is 452 g/mol. The van der Waals surface area contributed by atoms with E-state index >= 15 is 0 Å². The smallest absolute Gasteiger partial charge is 0.229 e. The minimum absolute atomic E-state index is 0.440. The SMILES string of the molecule is CNc1ccccc1Nc1nc(Nc2cccc(OCC3CCCCN3C)c2)ncc1Cl. The first kappa shape index (κ1) is 22.2. The maximum absolute atomic E-state index is 6.34. The van der Waals surface area contributed by atoms with Gasteiger partial charge in [0.1, 0.15) is 17.4 Å². The molecule has 2 aromatic carbocycles. The van der Waals surface area contributed by atoms with Gasteiger partial charge < -0.3 is 25.6 Å². The van der Waals surface area contributed by atoms with Gasteiger partial charge in [-0.1, -0.05) is 36.2 Å². The molecule has 0 spiro atoms. The van der Waals surface area contributed by atoms with Crippen LogP contribution in [0.25, 0.3) is 0 Å². The Morgan fingerprint density at radius 2 is 1.94 bits per heavy atom. The molecule has 1 aliphatic heterocycles. The normalized spacial score (nSPS) is 16.4. The molecule has 0 radical (unpaired) electrons. The van der Waals surface area contributed by atoms with Gasteiger partial charge in [-0.25, -0.2) is 4.98 Å². The molecule has 2 heterocycles. The van der Waals surface area contributed by atoms with Gasteiger partial charge in [-0.15, -0.1) is 0 Å². The standard InChI is InChI=1S/C24H29ClN6O/c1-26-21-11-3-4-12-22(21)29-23-20(25)15-27-24(30-23)28-17-8-7-10-19(14-17)32-16-18-9-5-6-13-31(18)2/h3-4,7-8,10-12,14-15,18,26H,5-6,9,13,16H2,1-2H3,(H2,27,28,29,30). The summed E-state index contributed by atoms with van der Waals surface area (Å²) in [6, 6.07) is 16.2. The highest BCUT2D eigenvalue weighted by atomic mass is 35.5. The lowest BCUT2D eigenvalue weighted by atomic mass is 10.0. The molecule has 7 nitrogen and oxygen atoms in total. The molecule has 1 aromatic heterocycles. The molecule has 0 aliphatic carbocycles. The molecule has 1 atom stereocenters. The molecule has 1 unspecified atom stereocenters. The van der Waals surface area contributed by atoms with Crippen molar-refractivity contribution in [2.45, 2.75) is 25.3 Å². The van der Waals surface area contributed by atoms with E-state index in [1.165, 1.54) is 19.3 Å². The van der Waals surface area contributed by atoms with Crippen LogP contribution in [0.3, 0.4) is 0 Å². The third kappa shape index (κ3) is 5.60. The molecule has 3 N–H and O–H groups in total. The van der Waals surface area contributed by atoms with Gasteiger partial charge in [0.15, 0.2) is 5.82 Å². The van der Waals surface area contributed by atoms with E-state index in [1.807, 2.05) is 55.6 Å². The Morgan fingerprint density at radius 3 is 2.75 bits per heavy atom. The number of hydrogen-bond donors (Lipinski definition) is 3. The van der Waals surface area contributed by atoms with Gasteiger partial charge >= 0.3 is 0 Å². The number of anilines is 5. The van der Waals surface area contributed by atoms with Gasteiger partial charge in [0.25, 0.3) is 0 Å². The van der Waals surface area contributed by atoms with E-state index in [9.17, 15) is 0 Å². The molecule has 32 heavy (non-hydrogen) atoms. The zero-order chi connectivity index (χ0) is 22.3. The van der Waals surface area contributed by atoms with Gasteiger partial charge in [-0.05, 0) is 50.7 Å². The fourth-order valence-electron chi connectivity index (χ4n) is 3.79. The molecule has 1 aliphatic rings. The topological polar surface area (TPSA) is 74.3 Å². The second kappa shape index (κ2) is 10.5. The molecule has 1 saturated heterocycles. The van der Waals surface area contributed by atoms with Crippen LogP contribution < -0.4 is 20.7 Å². The van der Waals surface area contributed by atoms with Crippen LogP contribution in [0, 0.1) is 0 Å². The number of aromatic nitrogens is 2. The van der Waals surface area contributed by atoms with Crippen LogP contribution in [0.5, 0.6) is 5.75 Å². The molecule has 168 valence electrons. The van der Waals surface area contributed by atoms with Crippen molar-refractivity contribution in [3.8, 4) is 5.75 Å². The van der Waals surface area contributed by atoms with E-state index in [0.29, 0.717) is 29.4 Å². The van der Waals surface area contributed by atoms with Crippen LogP contribution in [0.1, 0.15) is 19.3 Å². The van der Waals surface area contributed by atoms with Gasteiger partial charge in [0.05, 0.1) is 17.6 Å². The maximum Gasteiger partial charge on any atom is 0.229 e. The molecular weight excluding hydrogens is 424 g/mol. The summed E-state index contributed by atoms with van der Waals surface area (Å²) in [7, 11) is 4.04. The fraction of sp³-hybridized carbons (Fsp3) is 0.333. The molecule has 8 heteroatoms. The first-order valence-electron chi connectivity index (χ1n) is 10.9. The average Bonchev–Trinajstić information content (AvgIpc) is 2.81. The summed E-state index contributed by atoms with van der Waals surface area (Å²) in [5.74, 6) is 1.80. The molecule has 0 amide bonds. The zero-order valence-electron chi connectivity index (χ0n) is 18.4. The fourth-order valence-corrected chi connectivity index (χ4v) is 3.93. The number of piperidine rings is 1. The molecular formula is C24H29ClN6O. The summed E-state index contributed by atoms with van der Waals surface area (Å²) in [6.07, 6.45) is 5.30. The van der Waals surface area contributed by atoms with Crippen molar-refractivity contribution in [2.24, 2.45) is 0 Å². The van der Waals surface area contributed by atoms with E-state index in [1.54, 1.807) is 6.20 Å². The Bertz CT molecular complexity index is 1050. The lowest BCUT2D eigenvalue weighted by Crippen LogP contribution is -2.40. The van der Waals surface area contributed by atoms with E-state index in [-0.39, 0.29) is 0 Å². The number of likely N-dealkylation sites (N-methyl/N-ethyl adjacent to an activating group) is 1. The van der Waals surface area contributed by atoms with Crippen LogP contribution in [0.2, 0.25) is 5.02 Å². The second-order valence-corrected chi connectivity index (χ2v) is 8.31. The summed E-state index contributed by atoms with van der Waals surface area (Å²) in [6.45, 7) is 1.83. The Morgan fingerprint density at radius 1 is 1.09 bits per heavy atom. The number of benzene rings is 2. The molecule has 0 bridgehead atoms. The first-order valence-corrected chi connectivity index (χ1v) is 11.3. The summed E-state index contributed by atoms with van der Waals surface area (Å²) in [4.78, 5) is 11.3. The van der Waals surface area contributed by atoms with Crippen molar-refractivity contribution in [1.82, 2.24) is 14.9 Å². The van der Waals surface area contributed by atoms with Crippen molar-refractivity contribution in [1.29, 1.82) is 0 Å². The van der Waals surface area contributed by atoms with E-state index < -0.39 is 0 Å². The number of nitrogens with one attached hydrogen (secondary N) is 3. The van der Waals surface area contributed by atoms with Crippen LogP contribution in [-0.4, -0.2) is 48.2 Å². The van der Waals surface area contributed by atoms with Crippen molar-refractivity contribution in [2.75, 3.05) is 43.2 Å². The molecule has 1 fully saturated rings. The van der Waals surface area contributed by atoms with Crippen molar-refractivity contribution < 1.29 is 4.74 Å². The van der Waals surface area contributed by atoms with Crippen LogP contribution >= 0.6 is 11.6 Å². The van der Waals surface area contributed by atoms with Gasteiger partial charge in [-0.3, -0.25) is 0 Å². The van der Waals surface area contributed by atoms with E-state index in [0.717, 1.165) is 29.4 Å². The minimum atomic E-state index is 0.440. The predicted octanol–water partition coefficient (Wildman–Crippen LogP) is 5.52. The molecule has 4 rings (SSSR count). The number of rotatable bonds is 8. The number of para-hydroxylation sites is 2. The number of nitrogens with zero attached hydrogens (tertiary/aromatic N) is 3. The predicted molar refractivity (Wildman–Crippen MR) is 132 cm³/mol. The van der Waals surface area contributed by atoms with Gasteiger partial charge in [0.2, 0.25) is 5.95 Å². The van der Waals surface area contributed by atoms with Crippen molar-refractivity contribution in [3.05, 3.63) is 59.8 Å². The first-order chi connectivity index (χ1) is 15.6. The largest absolute Gasteiger partial charge is 0.492 e. The van der Waals surface area contributed by atoms with Gasteiger partial charge in [0, 0.05) is 24.8 Å². The third-order valence-corrected chi connectivity index (χ3v) is 5.92. The van der Waals surface area contributed by atoms with Crippen LogP contribution in [0.4, 0.5) is 28.8 Å². The van der Waals surface area contributed by atoms with Gasteiger partial charge in [-0.2, -0.15) is 4.98 Å². The van der Waals surface area contributed by atoms with Crippen molar-refractivity contribution in [3.63, 3.8) is 0 Å². The highest BCUT2D eigenvalue weighted by molar-refractivity contribution is 6.33. The maximum atomic E-state index is 6.34. The minimum Gasteiger partial charge on any atom is -0.492 e. The lowest BCUT2D eigenvalue weighted by molar-refractivity contribution is 0.125.